The molecule has 0 aliphatic carbocycles. The van der Waals surface area contributed by atoms with E-state index in [-0.39, 0.29) is 15.4 Å². The highest BCUT2D eigenvalue weighted by Gasteiger charge is 2.37. The van der Waals surface area contributed by atoms with Crippen LogP contribution in [0.1, 0.15) is 44.4 Å². The first kappa shape index (κ1) is 18.7. The summed E-state index contributed by atoms with van der Waals surface area (Å²) in [6.45, 7) is 7.08. The van der Waals surface area contributed by atoms with Gasteiger partial charge in [-0.2, -0.15) is 0 Å². The Hall–Kier alpha value is -2.04. The average molecular weight is 396 g/mol. The molecule has 0 spiro atoms. The summed E-state index contributed by atoms with van der Waals surface area (Å²) in [5, 5.41) is 9.95. The van der Waals surface area contributed by atoms with E-state index in [1.807, 2.05) is 39.0 Å². The lowest BCUT2D eigenvalue weighted by atomic mass is 9.89. The molecule has 140 valence electrons. The second-order valence-electron chi connectivity index (χ2n) is 6.84. The first-order valence-corrected chi connectivity index (χ1v) is 10.3. The molecule has 1 aliphatic rings. The first-order chi connectivity index (χ1) is 12.1. The number of aromatic nitrogens is 2. The van der Waals surface area contributed by atoms with E-state index in [0.717, 1.165) is 22.5 Å². The minimum Gasteiger partial charge on any atom is -0.487 e. The third-order valence-corrected chi connectivity index (χ3v) is 6.52. The van der Waals surface area contributed by atoms with E-state index in [4.69, 9.17) is 4.74 Å². The van der Waals surface area contributed by atoms with Crippen molar-refractivity contribution in [2.45, 2.75) is 50.1 Å². The molecular formula is C16H20N4O4S2. The molecule has 1 amide bonds. The third kappa shape index (κ3) is 4.02. The van der Waals surface area contributed by atoms with Crippen LogP contribution in [-0.2, 0) is 14.8 Å². The fourth-order valence-corrected chi connectivity index (χ4v) is 5.01. The smallest absolute Gasteiger partial charge is 0.270 e. The summed E-state index contributed by atoms with van der Waals surface area (Å²) in [4.78, 5) is 11.1. The maximum absolute atomic E-state index is 12.7. The van der Waals surface area contributed by atoms with Crippen molar-refractivity contribution in [1.82, 2.24) is 14.9 Å². The Kier molecular flexibility index (Phi) is 4.76. The molecule has 1 aromatic heterocycles. The van der Waals surface area contributed by atoms with Gasteiger partial charge >= 0.3 is 0 Å². The fraction of sp³-hybridized carbons (Fsp3) is 0.438. The normalized spacial score (nSPS) is 18.7. The van der Waals surface area contributed by atoms with Crippen molar-refractivity contribution in [3.63, 3.8) is 0 Å². The second kappa shape index (κ2) is 6.60. The number of anilines is 1. The summed E-state index contributed by atoms with van der Waals surface area (Å²) in [6.07, 6.45) is 0.472. The Morgan fingerprint density at radius 2 is 2.08 bits per heavy atom. The number of benzene rings is 1. The summed E-state index contributed by atoms with van der Waals surface area (Å²) in [5.41, 5.74) is 1.29. The van der Waals surface area contributed by atoms with Crippen molar-refractivity contribution < 1.29 is 17.9 Å². The number of amides is 1. The molecule has 1 unspecified atom stereocenters. The third-order valence-electron chi connectivity index (χ3n) is 3.84. The molecule has 10 heteroatoms. The number of fused-ring (bicyclic) bond motifs is 1. The van der Waals surface area contributed by atoms with Crippen LogP contribution in [0.3, 0.4) is 0 Å². The molecule has 0 radical (unpaired) electrons. The zero-order chi connectivity index (χ0) is 19.1. The predicted octanol–water partition coefficient (Wildman–Crippen LogP) is 2.39. The SMILES string of the molecule is CC(=O)Nc1nnc(S(=O)(=O)NC2CC(C)(C)Oc3ccc(C)cc32)s1. The molecule has 1 atom stereocenters. The van der Waals surface area contributed by atoms with Crippen LogP contribution >= 0.6 is 11.3 Å². The number of nitrogens with zero attached hydrogens (tertiary/aromatic N) is 2. The van der Waals surface area contributed by atoms with Crippen molar-refractivity contribution in [2.75, 3.05) is 5.32 Å². The van der Waals surface area contributed by atoms with Crippen LogP contribution in [0.25, 0.3) is 0 Å². The van der Waals surface area contributed by atoms with Crippen LogP contribution in [0.15, 0.2) is 22.5 Å². The van der Waals surface area contributed by atoms with E-state index in [0.29, 0.717) is 12.2 Å². The summed E-state index contributed by atoms with van der Waals surface area (Å²) in [7, 11) is -3.89. The number of carbonyl (C=O) groups is 1. The molecule has 3 rings (SSSR count). The highest BCUT2D eigenvalue weighted by atomic mass is 32.2. The average Bonchev–Trinajstić information content (AvgIpc) is 2.95. The second-order valence-corrected chi connectivity index (χ2v) is 9.70. The standard InChI is InChI=1S/C16H20N4O4S2/c1-9-5-6-13-11(7-9)12(8-16(3,4)24-13)20-26(22,23)15-19-18-14(25-15)17-10(2)21/h5-7,12,20H,8H2,1-4H3,(H,17,18,21). The van der Waals surface area contributed by atoms with E-state index in [1.54, 1.807) is 0 Å². The summed E-state index contributed by atoms with van der Waals surface area (Å²) < 4.78 is 34.0. The molecule has 2 heterocycles. The number of aryl methyl sites for hydroxylation is 1. The van der Waals surface area contributed by atoms with Crippen molar-refractivity contribution >= 4 is 32.4 Å². The maximum Gasteiger partial charge on any atom is 0.270 e. The molecule has 0 bridgehead atoms. The Balaban J connectivity index is 1.91. The van der Waals surface area contributed by atoms with Crippen LogP contribution < -0.4 is 14.8 Å². The van der Waals surface area contributed by atoms with Gasteiger partial charge in [0, 0.05) is 18.9 Å². The highest BCUT2D eigenvalue weighted by Crippen LogP contribution is 2.40. The van der Waals surface area contributed by atoms with E-state index >= 15 is 0 Å². The van der Waals surface area contributed by atoms with E-state index in [9.17, 15) is 13.2 Å². The van der Waals surface area contributed by atoms with Crippen molar-refractivity contribution in [3.8, 4) is 5.75 Å². The number of carbonyl (C=O) groups excluding carboxylic acids is 1. The van der Waals surface area contributed by atoms with E-state index in [1.165, 1.54) is 6.92 Å². The number of hydrogen-bond donors (Lipinski definition) is 2. The van der Waals surface area contributed by atoms with Gasteiger partial charge in [0.25, 0.3) is 10.0 Å². The Bertz CT molecular complexity index is 953. The minimum atomic E-state index is -3.89. The lowest BCUT2D eigenvalue weighted by Gasteiger charge is -2.37. The van der Waals surface area contributed by atoms with Gasteiger partial charge in [-0.05, 0) is 26.8 Å². The number of sulfonamides is 1. The molecule has 0 saturated heterocycles. The Morgan fingerprint density at radius 1 is 1.35 bits per heavy atom. The molecular weight excluding hydrogens is 376 g/mol. The zero-order valence-electron chi connectivity index (χ0n) is 14.9. The Morgan fingerprint density at radius 3 is 2.77 bits per heavy atom. The fourth-order valence-electron chi connectivity index (χ4n) is 2.84. The number of ether oxygens (including phenoxy) is 1. The minimum absolute atomic E-state index is 0.140. The van der Waals surface area contributed by atoms with Crippen LogP contribution in [0.4, 0.5) is 5.13 Å². The number of rotatable bonds is 4. The van der Waals surface area contributed by atoms with Gasteiger partial charge in [-0.15, -0.1) is 10.2 Å². The van der Waals surface area contributed by atoms with Crippen LogP contribution in [0.5, 0.6) is 5.75 Å². The lowest BCUT2D eigenvalue weighted by molar-refractivity contribution is -0.114. The lowest BCUT2D eigenvalue weighted by Crippen LogP contribution is -2.41. The van der Waals surface area contributed by atoms with Gasteiger partial charge in [0.05, 0.1) is 6.04 Å². The quantitative estimate of drug-likeness (QED) is 0.768. The van der Waals surface area contributed by atoms with Gasteiger partial charge in [0.15, 0.2) is 0 Å². The van der Waals surface area contributed by atoms with Gasteiger partial charge < -0.3 is 10.1 Å². The molecule has 1 aliphatic heterocycles. The van der Waals surface area contributed by atoms with Crippen LogP contribution in [0.2, 0.25) is 0 Å². The van der Waals surface area contributed by atoms with Crippen LogP contribution in [-0.4, -0.2) is 30.1 Å². The molecule has 26 heavy (non-hydrogen) atoms. The molecule has 0 fully saturated rings. The van der Waals surface area contributed by atoms with Crippen molar-refractivity contribution in [2.24, 2.45) is 0 Å². The van der Waals surface area contributed by atoms with Crippen molar-refractivity contribution in [1.29, 1.82) is 0 Å². The van der Waals surface area contributed by atoms with Gasteiger partial charge in [0.1, 0.15) is 11.4 Å². The largest absolute Gasteiger partial charge is 0.487 e. The molecule has 2 aromatic rings. The highest BCUT2D eigenvalue weighted by molar-refractivity contribution is 7.91. The Labute approximate surface area is 156 Å². The van der Waals surface area contributed by atoms with E-state index < -0.39 is 21.7 Å². The number of nitrogens with one attached hydrogen (secondary N) is 2. The van der Waals surface area contributed by atoms with Gasteiger partial charge in [-0.3, -0.25) is 4.79 Å². The topological polar surface area (TPSA) is 110 Å². The monoisotopic (exact) mass is 396 g/mol. The number of hydrogen-bond acceptors (Lipinski definition) is 7. The summed E-state index contributed by atoms with van der Waals surface area (Å²) in [6, 6.07) is 5.25. The predicted molar refractivity (Wildman–Crippen MR) is 97.8 cm³/mol. The first-order valence-electron chi connectivity index (χ1n) is 7.99. The van der Waals surface area contributed by atoms with Gasteiger partial charge in [-0.1, -0.05) is 29.0 Å². The summed E-state index contributed by atoms with van der Waals surface area (Å²) in [5.74, 6) is 0.324. The zero-order valence-corrected chi connectivity index (χ0v) is 16.5. The van der Waals surface area contributed by atoms with E-state index in [2.05, 4.69) is 20.2 Å². The molecule has 0 saturated carbocycles. The molecule has 1 aromatic carbocycles. The van der Waals surface area contributed by atoms with Gasteiger partial charge in [0.2, 0.25) is 15.4 Å². The van der Waals surface area contributed by atoms with Crippen molar-refractivity contribution in [3.05, 3.63) is 29.3 Å². The molecule has 8 nitrogen and oxygen atoms in total. The van der Waals surface area contributed by atoms with Crippen LogP contribution in [0, 0.1) is 6.92 Å². The summed E-state index contributed by atoms with van der Waals surface area (Å²) >= 11 is 0.805. The maximum atomic E-state index is 12.7. The van der Waals surface area contributed by atoms with Gasteiger partial charge in [-0.25, -0.2) is 13.1 Å². The molecule has 2 N–H and O–H groups in total.